The van der Waals surface area contributed by atoms with Gasteiger partial charge in [-0.1, -0.05) is 65.8 Å². The van der Waals surface area contributed by atoms with Crippen LogP contribution in [0.15, 0.2) is 84.0 Å². The first-order chi connectivity index (χ1) is 15.6. The maximum absolute atomic E-state index is 12.5. The van der Waals surface area contributed by atoms with Gasteiger partial charge in [-0.2, -0.15) is 0 Å². The number of thioether (sulfide) groups is 1. The van der Waals surface area contributed by atoms with Gasteiger partial charge in [0.2, 0.25) is 5.91 Å². The summed E-state index contributed by atoms with van der Waals surface area (Å²) in [6, 6.07) is 24.9. The lowest BCUT2D eigenvalue weighted by molar-refractivity contribution is -0.113. The molecule has 1 heterocycles. The summed E-state index contributed by atoms with van der Waals surface area (Å²) in [5.41, 5.74) is 2.61. The highest BCUT2D eigenvalue weighted by Gasteiger charge is 2.17. The summed E-state index contributed by atoms with van der Waals surface area (Å²) in [6.07, 6.45) is 0.617. The Kier molecular flexibility index (Phi) is 7.09. The lowest BCUT2D eigenvalue weighted by Gasteiger charge is -2.11. The van der Waals surface area contributed by atoms with Crippen molar-refractivity contribution in [1.82, 2.24) is 14.8 Å². The lowest BCUT2D eigenvalue weighted by atomic mass is 10.1. The summed E-state index contributed by atoms with van der Waals surface area (Å²) in [6.45, 7) is 0. The number of amides is 1. The molecule has 162 valence electrons. The van der Waals surface area contributed by atoms with E-state index in [2.05, 4.69) is 27.6 Å². The van der Waals surface area contributed by atoms with Gasteiger partial charge in [-0.25, -0.2) is 0 Å². The predicted molar refractivity (Wildman–Crippen MR) is 128 cm³/mol. The molecule has 0 radical (unpaired) electrons. The molecule has 6 nitrogen and oxygen atoms in total. The molecule has 0 aliphatic rings. The van der Waals surface area contributed by atoms with Crippen molar-refractivity contribution in [2.75, 3.05) is 18.2 Å². The number of hydrogen-bond donors (Lipinski definition) is 1. The Morgan fingerprint density at radius 3 is 2.44 bits per heavy atom. The number of benzene rings is 3. The molecule has 8 heteroatoms. The number of nitrogens with zero attached hydrogens (tertiary/aromatic N) is 3. The molecule has 1 aromatic heterocycles. The van der Waals surface area contributed by atoms with Gasteiger partial charge in [-0.15, -0.1) is 10.2 Å². The van der Waals surface area contributed by atoms with Crippen LogP contribution in [-0.2, 0) is 11.2 Å². The molecule has 4 rings (SSSR count). The fraction of sp³-hybridized carbons (Fsp3) is 0.125. The van der Waals surface area contributed by atoms with E-state index in [1.54, 1.807) is 19.2 Å². The summed E-state index contributed by atoms with van der Waals surface area (Å²) in [7, 11) is 1.63. The molecule has 0 aliphatic carbocycles. The third-order valence-electron chi connectivity index (χ3n) is 4.72. The van der Waals surface area contributed by atoms with Gasteiger partial charge in [0.15, 0.2) is 5.16 Å². The average molecular weight is 465 g/mol. The molecule has 0 saturated carbocycles. The second-order valence-corrected chi connectivity index (χ2v) is 8.26. The molecule has 3 aromatic carbocycles. The van der Waals surface area contributed by atoms with E-state index in [1.165, 1.54) is 11.8 Å². The smallest absolute Gasteiger partial charge is 0.234 e. The van der Waals surface area contributed by atoms with Gasteiger partial charge in [0, 0.05) is 12.1 Å². The number of carbonyl (C=O) groups excluding carboxylic acids is 1. The molecule has 1 amide bonds. The highest BCUT2D eigenvalue weighted by molar-refractivity contribution is 7.99. The number of ether oxygens (including phenoxy) is 1. The Hall–Kier alpha value is -3.29. The predicted octanol–water partition coefficient (Wildman–Crippen LogP) is 5.25. The minimum absolute atomic E-state index is 0.169. The van der Waals surface area contributed by atoms with Crippen LogP contribution in [0.3, 0.4) is 0 Å². The number of rotatable bonds is 8. The minimum atomic E-state index is -0.169. The Balaban J connectivity index is 1.56. The van der Waals surface area contributed by atoms with E-state index in [0.29, 0.717) is 22.3 Å². The molecule has 0 aliphatic heterocycles. The lowest BCUT2D eigenvalue weighted by Crippen LogP contribution is -2.15. The molecule has 0 unspecified atom stereocenters. The van der Waals surface area contributed by atoms with E-state index in [1.807, 2.05) is 59.2 Å². The van der Waals surface area contributed by atoms with E-state index in [4.69, 9.17) is 16.3 Å². The number of halogens is 1. The molecule has 0 bridgehead atoms. The van der Waals surface area contributed by atoms with Crippen LogP contribution >= 0.6 is 23.4 Å². The molecular weight excluding hydrogens is 444 g/mol. The van der Waals surface area contributed by atoms with Crippen LogP contribution in [0.1, 0.15) is 11.4 Å². The summed E-state index contributed by atoms with van der Waals surface area (Å²) in [5, 5.41) is 12.7. The van der Waals surface area contributed by atoms with Gasteiger partial charge in [0.1, 0.15) is 11.6 Å². The SMILES string of the molecule is COc1ccc(-n2c(Cc3ccccc3)nnc2SCC(=O)Nc2ccccc2Cl)cc1. The maximum Gasteiger partial charge on any atom is 0.234 e. The van der Waals surface area contributed by atoms with Crippen molar-refractivity contribution in [2.24, 2.45) is 0 Å². The monoisotopic (exact) mass is 464 g/mol. The van der Waals surface area contributed by atoms with Crippen molar-refractivity contribution in [2.45, 2.75) is 11.6 Å². The van der Waals surface area contributed by atoms with E-state index in [0.717, 1.165) is 22.8 Å². The molecule has 0 spiro atoms. The van der Waals surface area contributed by atoms with E-state index >= 15 is 0 Å². The second kappa shape index (κ2) is 10.3. The number of aromatic nitrogens is 3. The largest absolute Gasteiger partial charge is 0.497 e. The van der Waals surface area contributed by atoms with E-state index in [9.17, 15) is 4.79 Å². The van der Waals surface area contributed by atoms with Crippen LogP contribution in [0.5, 0.6) is 5.75 Å². The van der Waals surface area contributed by atoms with Crippen LogP contribution < -0.4 is 10.1 Å². The van der Waals surface area contributed by atoms with E-state index in [-0.39, 0.29) is 11.7 Å². The summed E-state index contributed by atoms with van der Waals surface area (Å²) in [5.74, 6) is 1.55. The van der Waals surface area contributed by atoms with Crippen LogP contribution in [0.2, 0.25) is 5.02 Å². The molecule has 0 saturated heterocycles. The highest BCUT2D eigenvalue weighted by atomic mass is 35.5. The van der Waals surface area contributed by atoms with E-state index < -0.39 is 0 Å². The Morgan fingerprint density at radius 2 is 1.72 bits per heavy atom. The van der Waals surface area contributed by atoms with Crippen LogP contribution in [0, 0.1) is 0 Å². The number of carbonyl (C=O) groups is 1. The van der Waals surface area contributed by atoms with Gasteiger partial charge in [0.05, 0.1) is 23.6 Å². The first-order valence-electron chi connectivity index (χ1n) is 9.94. The zero-order chi connectivity index (χ0) is 22.3. The maximum atomic E-state index is 12.5. The highest BCUT2D eigenvalue weighted by Crippen LogP contribution is 2.26. The van der Waals surface area contributed by atoms with Gasteiger partial charge >= 0.3 is 0 Å². The Bertz CT molecular complexity index is 1200. The first-order valence-corrected chi connectivity index (χ1v) is 11.3. The number of methoxy groups -OCH3 is 1. The quantitative estimate of drug-likeness (QED) is 0.360. The molecule has 1 N–H and O–H groups in total. The fourth-order valence-corrected chi connectivity index (χ4v) is 4.11. The van der Waals surface area contributed by atoms with Gasteiger partial charge < -0.3 is 10.1 Å². The second-order valence-electron chi connectivity index (χ2n) is 6.91. The normalized spacial score (nSPS) is 10.7. The molecule has 0 fully saturated rings. The number of anilines is 1. The number of hydrogen-bond acceptors (Lipinski definition) is 5. The molecule has 0 atom stereocenters. The molecule has 4 aromatic rings. The third-order valence-corrected chi connectivity index (χ3v) is 5.97. The standard InChI is InChI=1S/C24H21ClN4O2S/c1-31-19-13-11-18(12-14-19)29-22(15-17-7-3-2-4-8-17)27-28-24(29)32-16-23(30)26-21-10-6-5-9-20(21)25/h2-14H,15-16H2,1H3,(H,26,30). The molecule has 32 heavy (non-hydrogen) atoms. The Morgan fingerprint density at radius 1 is 1.00 bits per heavy atom. The van der Waals surface area contributed by atoms with Crippen LogP contribution in [0.4, 0.5) is 5.69 Å². The van der Waals surface area contributed by atoms with Crippen LogP contribution in [-0.4, -0.2) is 33.5 Å². The van der Waals surface area contributed by atoms with Crippen molar-refractivity contribution in [3.05, 3.63) is 95.3 Å². The minimum Gasteiger partial charge on any atom is -0.497 e. The first kappa shape index (κ1) is 21.9. The fourth-order valence-electron chi connectivity index (χ4n) is 3.16. The topological polar surface area (TPSA) is 69.0 Å². The van der Waals surface area contributed by atoms with Gasteiger partial charge in [-0.3, -0.25) is 9.36 Å². The third kappa shape index (κ3) is 5.30. The van der Waals surface area contributed by atoms with Gasteiger partial charge in [0.25, 0.3) is 0 Å². The Labute approximate surface area is 195 Å². The average Bonchev–Trinajstić information content (AvgIpc) is 3.22. The van der Waals surface area contributed by atoms with Crippen molar-refractivity contribution in [1.29, 1.82) is 0 Å². The van der Waals surface area contributed by atoms with Crippen LogP contribution in [0.25, 0.3) is 5.69 Å². The summed E-state index contributed by atoms with van der Waals surface area (Å²) in [4.78, 5) is 12.5. The van der Waals surface area contributed by atoms with Crippen molar-refractivity contribution < 1.29 is 9.53 Å². The zero-order valence-corrected chi connectivity index (χ0v) is 18.9. The van der Waals surface area contributed by atoms with Crippen molar-refractivity contribution in [3.8, 4) is 11.4 Å². The zero-order valence-electron chi connectivity index (χ0n) is 17.4. The molecular formula is C24H21ClN4O2S. The number of nitrogens with one attached hydrogen (secondary N) is 1. The van der Waals surface area contributed by atoms with Crippen molar-refractivity contribution >= 4 is 35.0 Å². The number of para-hydroxylation sites is 1. The summed E-state index contributed by atoms with van der Waals surface area (Å²) < 4.78 is 7.25. The van der Waals surface area contributed by atoms with Crippen molar-refractivity contribution in [3.63, 3.8) is 0 Å². The van der Waals surface area contributed by atoms with Gasteiger partial charge in [-0.05, 0) is 42.0 Å². The summed E-state index contributed by atoms with van der Waals surface area (Å²) >= 11 is 7.46.